The van der Waals surface area contributed by atoms with Gasteiger partial charge in [0.2, 0.25) is 11.8 Å². The van der Waals surface area contributed by atoms with E-state index in [0.717, 1.165) is 6.42 Å². The van der Waals surface area contributed by atoms with Gasteiger partial charge in [0.1, 0.15) is 0 Å². The van der Waals surface area contributed by atoms with Crippen LogP contribution < -0.4 is 16.4 Å². The molecule has 2 amide bonds. The maximum atomic E-state index is 11.5. The average molecular weight is 229 g/mol. The van der Waals surface area contributed by atoms with Crippen molar-refractivity contribution in [3.63, 3.8) is 0 Å². The Balaban J connectivity index is 3.93. The van der Waals surface area contributed by atoms with E-state index < -0.39 is 6.04 Å². The fourth-order valence-corrected chi connectivity index (χ4v) is 1.17. The van der Waals surface area contributed by atoms with Gasteiger partial charge in [-0.25, -0.2) is 0 Å². The van der Waals surface area contributed by atoms with Gasteiger partial charge in [0.25, 0.3) is 0 Å². The monoisotopic (exact) mass is 229 g/mol. The topological polar surface area (TPSA) is 84.2 Å². The molecule has 0 rings (SSSR count). The van der Waals surface area contributed by atoms with Gasteiger partial charge in [-0.05, 0) is 19.8 Å². The van der Waals surface area contributed by atoms with Crippen molar-refractivity contribution in [3.05, 3.63) is 0 Å². The third kappa shape index (κ3) is 5.70. The van der Waals surface area contributed by atoms with Crippen LogP contribution in [0.5, 0.6) is 0 Å². The van der Waals surface area contributed by atoms with Crippen LogP contribution in [0.4, 0.5) is 0 Å². The van der Waals surface area contributed by atoms with Crippen LogP contribution in [-0.2, 0) is 9.59 Å². The first-order valence-electron chi connectivity index (χ1n) is 5.71. The van der Waals surface area contributed by atoms with Crippen molar-refractivity contribution in [1.29, 1.82) is 0 Å². The molecule has 0 aliphatic carbocycles. The molecule has 0 fully saturated rings. The molecule has 2 atom stereocenters. The van der Waals surface area contributed by atoms with E-state index in [1.54, 1.807) is 0 Å². The molecule has 0 aliphatic heterocycles. The second-order valence-electron chi connectivity index (χ2n) is 4.35. The molecule has 0 heterocycles. The fraction of sp³-hybridized carbons (Fsp3) is 0.818. The summed E-state index contributed by atoms with van der Waals surface area (Å²) in [6.45, 7) is 7.61. The largest absolute Gasteiger partial charge is 0.352 e. The number of amides is 2. The van der Waals surface area contributed by atoms with Crippen molar-refractivity contribution in [1.82, 2.24) is 10.6 Å². The summed E-state index contributed by atoms with van der Waals surface area (Å²) in [6.07, 6.45) is 0.840. The summed E-state index contributed by atoms with van der Waals surface area (Å²) in [4.78, 5) is 22.8. The highest BCUT2D eigenvalue weighted by atomic mass is 16.2. The molecule has 5 heteroatoms. The van der Waals surface area contributed by atoms with Gasteiger partial charge in [0.05, 0.1) is 12.6 Å². The normalized spacial score (nSPS) is 14.4. The Morgan fingerprint density at radius 1 is 1.25 bits per heavy atom. The second-order valence-corrected chi connectivity index (χ2v) is 4.35. The first-order chi connectivity index (χ1) is 7.38. The molecule has 94 valence electrons. The zero-order valence-corrected chi connectivity index (χ0v) is 10.5. The molecule has 0 radical (unpaired) electrons. The number of hydrogen-bond acceptors (Lipinski definition) is 3. The van der Waals surface area contributed by atoms with Gasteiger partial charge in [-0.2, -0.15) is 0 Å². The van der Waals surface area contributed by atoms with E-state index in [1.165, 1.54) is 0 Å². The van der Waals surface area contributed by atoms with Crippen LogP contribution in [0.25, 0.3) is 0 Å². The average Bonchev–Trinajstić information content (AvgIpc) is 2.22. The van der Waals surface area contributed by atoms with E-state index in [1.807, 2.05) is 27.7 Å². The van der Waals surface area contributed by atoms with Crippen LogP contribution in [0.1, 0.15) is 34.1 Å². The number of rotatable bonds is 6. The highest BCUT2D eigenvalue weighted by Gasteiger charge is 2.19. The van der Waals surface area contributed by atoms with Crippen LogP contribution in [-0.4, -0.2) is 30.4 Å². The lowest BCUT2D eigenvalue weighted by atomic mass is 9.99. The Hall–Kier alpha value is -1.10. The van der Waals surface area contributed by atoms with Crippen molar-refractivity contribution in [3.8, 4) is 0 Å². The van der Waals surface area contributed by atoms with Gasteiger partial charge in [0.15, 0.2) is 0 Å². The minimum Gasteiger partial charge on any atom is -0.352 e. The predicted octanol–water partition coefficient (Wildman–Crippen LogP) is 0.000600. The molecule has 0 aromatic heterocycles. The summed E-state index contributed by atoms with van der Waals surface area (Å²) in [6, 6.07) is -0.468. The zero-order chi connectivity index (χ0) is 12.7. The quantitative estimate of drug-likeness (QED) is 0.599. The van der Waals surface area contributed by atoms with Crippen LogP contribution in [0.3, 0.4) is 0 Å². The second kappa shape index (κ2) is 7.22. The van der Waals surface area contributed by atoms with Crippen LogP contribution in [0.2, 0.25) is 0 Å². The minimum absolute atomic E-state index is 0.0128. The number of carbonyl (C=O) groups excluding carboxylic acids is 2. The van der Waals surface area contributed by atoms with Gasteiger partial charge < -0.3 is 16.4 Å². The van der Waals surface area contributed by atoms with Crippen LogP contribution in [0.15, 0.2) is 0 Å². The Labute approximate surface area is 97.2 Å². The van der Waals surface area contributed by atoms with Crippen molar-refractivity contribution in [2.45, 2.75) is 46.2 Å². The first kappa shape index (κ1) is 14.9. The molecule has 0 aliphatic rings. The third-order valence-corrected chi connectivity index (χ3v) is 2.43. The lowest BCUT2D eigenvalue weighted by molar-refractivity contribution is -0.127. The standard InChI is InChI=1S/C11H23N3O2/c1-5-8(4)10(12)11(16)13-6-9(15)14-7(2)3/h7-8,10H,5-6,12H2,1-4H3,(H,13,16)(H,14,15). The highest BCUT2D eigenvalue weighted by Crippen LogP contribution is 2.04. The molecule has 0 aromatic rings. The number of nitrogens with two attached hydrogens (primary N) is 1. The molecule has 0 saturated carbocycles. The molecular weight excluding hydrogens is 206 g/mol. The van der Waals surface area contributed by atoms with Crippen molar-refractivity contribution in [2.75, 3.05) is 6.54 Å². The van der Waals surface area contributed by atoms with Crippen molar-refractivity contribution < 1.29 is 9.59 Å². The predicted molar refractivity (Wildman–Crippen MR) is 63.7 cm³/mol. The maximum absolute atomic E-state index is 11.5. The third-order valence-electron chi connectivity index (χ3n) is 2.43. The SMILES string of the molecule is CCC(C)C(N)C(=O)NCC(=O)NC(C)C. The molecule has 0 bridgehead atoms. The Morgan fingerprint density at radius 3 is 2.25 bits per heavy atom. The lowest BCUT2D eigenvalue weighted by Crippen LogP contribution is -2.48. The molecule has 0 spiro atoms. The summed E-state index contributed by atoms with van der Waals surface area (Å²) in [5.41, 5.74) is 5.71. The Kier molecular flexibility index (Phi) is 6.72. The smallest absolute Gasteiger partial charge is 0.239 e. The van der Waals surface area contributed by atoms with Gasteiger partial charge in [-0.15, -0.1) is 0 Å². The molecule has 0 saturated heterocycles. The number of carbonyl (C=O) groups is 2. The number of hydrogen-bond donors (Lipinski definition) is 3. The summed E-state index contributed by atoms with van der Waals surface area (Å²) >= 11 is 0. The number of nitrogens with one attached hydrogen (secondary N) is 2. The Bertz CT molecular complexity index is 241. The minimum atomic E-state index is -0.545. The fourth-order valence-electron chi connectivity index (χ4n) is 1.17. The first-order valence-corrected chi connectivity index (χ1v) is 5.71. The van der Waals surface area contributed by atoms with E-state index in [2.05, 4.69) is 10.6 Å². The zero-order valence-electron chi connectivity index (χ0n) is 10.5. The van der Waals surface area contributed by atoms with E-state index in [-0.39, 0.29) is 30.3 Å². The molecule has 16 heavy (non-hydrogen) atoms. The molecule has 0 aromatic carbocycles. The molecule has 2 unspecified atom stereocenters. The van der Waals surface area contributed by atoms with Gasteiger partial charge in [-0.3, -0.25) is 9.59 Å². The van der Waals surface area contributed by atoms with Crippen LogP contribution >= 0.6 is 0 Å². The summed E-state index contributed by atoms with van der Waals surface area (Å²) in [5, 5.41) is 5.21. The van der Waals surface area contributed by atoms with Crippen molar-refractivity contribution in [2.24, 2.45) is 11.7 Å². The van der Waals surface area contributed by atoms with E-state index >= 15 is 0 Å². The van der Waals surface area contributed by atoms with E-state index in [0.29, 0.717) is 0 Å². The van der Waals surface area contributed by atoms with Crippen LogP contribution in [0, 0.1) is 5.92 Å². The molecule has 5 nitrogen and oxygen atoms in total. The lowest BCUT2D eigenvalue weighted by Gasteiger charge is -2.17. The van der Waals surface area contributed by atoms with E-state index in [4.69, 9.17) is 5.73 Å². The summed E-state index contributed by atoms with van der Waals surface area (Å²) < 4.78 is 0. The molecular formula is C11H23N3O2. The van der Waals surface area contributed by atoms with Gasteiger partial charge in [0, 0.05) is 6.04 Å². The summed E-state index contributed by atoms with van der Waals surface area (Å²) in [7, 11) is 0. The maximum Gasteiger partial charge on any atom is 0.239 e. The van der Waals surface area contributed by atoms with E-state index in [9.17, 15) is 9.59 Å². The molecule has 4 N–H and O–H groups in total. The van der Waals surface area contributed by atoms with Crippen molar-refractivity contribution >= 4 is 11.8 Å². The Morgan fingerprint density at radius 2 is 1.81 bits per heavy atom. The van der Waals surface area contributed by atoms with Gasteiger partial charge in [-0.1, -0.05) is 20.3 Å². The highest BCUT2D eigenvalue weighted by molar-refractivity contribution is 5.87. The van der Waals surface area contributed by atoms with Gasteiger partial charge >= 0.3 is 0 Å². The summed E-state index contributed by atoms with van der Waals surface area (Å²) in [5.74, 6) is -0.346.